The number of cyclic esters (lactones) is 1. The third-order valence-corrected chi connectivity index (χ3v) is 5.06. The molecule has 3 heterocycles. The number of hydrogen-bond donors (Lipinski definition) is 1. The number of amides is 1. The second-order valence-corrected chi connectivity index (χ2v) is 7.26. The number of rotatable bonds is 6. The second kappa shape index (κ2) is 8.75. The number of nitrogens with two attached hydrogens (primary N) is 1. The van der Waals surface area contributed by atoms with Crippen LogP contribution in [0.15, 0.2) is 40.9 Å². The minimum absolute atomic E-state index is 0.111. The van der Waals surface area contributed by atoms with Gasteiger partial charge in [-0.3, -0.25) is 14.7 Å². The standard InChI is InChI=1S/C22H21FN4O5/c1-12-13(2)31-21(26-12)19-6-3-14(9-25-19)17-5-4-15(7-18(17)23)27-10-16(32-22(27)29)11-30-20(28)8-24/h3-7,9,16H,8,10-11,24H2,1-2H3/t16-/m1/s1. The van der Waals surface area contributed by atoms with Crippen LogP contribution in [0.3, 0.4) is 0 Å². The van der Waals surface area contributed by atoms with Gasteiger partial charge in [0, 0.05) is 17.3 Å². The van der Waals surface area contributed by atoms with E-state index in [0.717, 1.165) is 5.69 Å². The van der Waals surface area contributed by atoms with E-state index in [1.807, 2.05) is 13.8 Å². The maximum atomic E-state index is 14.9. The molecule has 0 saturated carbocycles. The molecule has 0 aliphatic carbocycles. The number of aromatic nitrogens is 2. The molecule has 32 heavy (non-hydrogen) atoms. The summed E-state index contributed by atoms with van der Waals surface area (Å²) in [6.07, 6.45) is 0.238. The summed E-state index contributed by atoms with van der Waals surface area (Å²) in [5, 5.41) is 0. The molecule has 4 rings (SSSR count). The number of oxazole rings is 1. The Balaban J connectivity index is 1.48. The lowest BCUT2D eigenvalue weighted by Crippen LogP contribution is -2.28. The second-order valence-electron chi connectivity index (χ2n) is 7.26. The Morgan fingerprint density at radius 2 is 2.12 bits per heavy atom. The molecule has 2 N–H and O–H groups in total. The van der Waals surface area contributed by atoms with Crippen molar-refractivity contribution in [2.75, 3.05) is 24.6 Å². The molecule has 166 valence electrons. The molecule has 0 bridgehead atoms. The summed E-state index contributed by atoms with van der Waals surface area (Å²) in [6, 6.07) is 7.86. The van der Waals surface area contributed by atoms with Crippen molar-refractivity contribution in [2.24, 2.45) is 5.73 Å². The first-order valence-corrected chi connectivity index (χ1v) is 9.90. The molecule has 0 radical (unpaired) electrons. The van der Waals surface area contributed by atoms with Gasteiger partial charge in [-0.25, -0.2) is 14.2 Å². The highest BCUT2D eigenvalue weighted by molar-refractivity contribution is 5.90. The Labute approximate surface area is 183 Å². The summed E-state index contributed by atoms with van der Waals surface area (Å²) in [6.45, 7) is 3.42. The molecule has 0 spiro atoms. The van der Waals surface area contributed by atoms with E-state index in [1.165, 1.54) is 17.2 Å². The SMILES string of the molecule is Cc1nc(-c2ccc(-c3ccc(N4C[C@H](COC(=O)CN)OC4=O)cc3F)cn2)oc1C. The number of carbonyl (C=O) groups is 2. The minimum Gasteiger partial charge on any atom is -0.461 e. The fourth-order valence-corrected chi connectivity index (χ4v) is 3.23. The summed E-state index contributed by atoms with van der Waals surface area (Å²) < 4.78 is 30.5. The van der Waals surface area contributed by atoms with Crippen molar-refractivity contribution >= 4 is 17.7 Å². The molecule has 1 fully saturated rings. The highest BCUT2D eigenvalue weighted by Gasteiger charge is 2.33. The number of anilines is 1. The molecular formula is C22H21FN4O5. The van der Waals surface area contributed by atoms with Crippen LogP contribution in [0.25, 0.3) is 22.7 Å². The van der Waals surface area contributed by atoms with Gasteiger partial charge in [-0.1, -0.05) is 6.07 Å². The number of carbonyl (C=O) groups excluding carboxylic acids is 2. The van der Waals surface area contributed by atoms with Gasteiger partial charge in [0.05, 0.1) is 24.5 Å². The van der Waals surface area contributed by atoms with Gasteiger partial charge in [-0.2, -0.15) is 0 Å². The summed E-state index contributed by atoms with van der Waals surface area (Å²) in [7, 11) is 0. The van der Waals surface area contributed by atoms with E-state index in [9.17, 15) is 14.0 Å². The van der Waals surface area contributed by atoms with Crippen molar-refractivity contribution < 1.29 is 27.9 Å². The van der Waals surface area contributed by atoms with Gasteiger partial charge in [-0.15, -0.1) is 0 Å². The smallest absolute Gasteiger partial charge is 0.414 e. The van der Waals surface area contributed by atoms with Crippen LogP contribution in [-0.2, 0) is 14.3 Å². The van der Waals surface area contributed by atoms with E-state index in [4.69, 9.17) is 19.6 Å². The lowest BCUT2D eigenvalue weighted by Gasteiger charge is -2.14. The maximum absolute atomic E-state index is 14.9. The number of nitrogens with zero attached hydrogens (tertiary/aromatic N) is 3. The fraction of sp³-hybridized carbons (Fsp3) is 0.273. The van der Waals surface area contributed by atoms with Crippen molar-refractivity contribution in [3.63, 3.8) is 0 Å². The van der Waals surface area contributed by atoms with Crippen molar-refractivity contribution in [2.45, 2.75) is 20.0 Å². The molecule has 9 nitrogen and oxygen atoms in total. The van der Waals surface area contributed by atoms with Crippen LogP contribution in [0.1, 0.15) is 11.5 Å². The lowest BCUT2D eigenvalue weighted by molar-refractivity contribution is -0.144. The maximum Gasteiger partial charge on any atom is 0.414 e. The normalized spacial score (nSPS) is 15.7. The number of ether oxygens (including phenoxy) is 2. The zero-order valence-electron chi connectivity index (χ0n) is 17.5. The van der Waals surface area contributed by atoms with Gasteiger partial charge in [0.1, 0.15) is 23.9 Å². The first-order chi connectivity index (χ1) is 15.4. The highest BCUT2D eigenvalue weighted by Crippen LogP contribution is 2.30. The number of benzene rings is 1. The molecule has 1 aliphatic heterocycles. The van der Waals surface area contributed by atoms with Gasteiger partial charge in [0.2, 0.25) is 5.89 Å². The first kappa shape index (κ1) is 21.4. The summed E-state index contributed by atoms with van der Waals surface area (Å²) in [4.78, 5) is 33.2. The minimum atomic E-state index is -0.653. The van der Waals surface area contributed by atoms with Crippen molar-refractivity contribution in [1.82, 2.24) is 9.97 Å². The van der Waals surface area contributed by atoms with Gasteiger partial charge in [0.15, 0.2) is 6.10 Å². The quantitative estimate of drug-likeness (QED) is 0.581. The zero-order valence-corrected chi connectivity index (χ0v) is 17.5. The molecule has 1 aromatic carbocycles. The zero-order chi connectivity index (χ0) is 22.8. The number of esters is 1. The van der Waals surface area contributed by atoms with Crippen molar-refractivity contribution in [3.05, 3.63) is 53.8 Å². The first-order valence-electron chi connectivity index (χ1n) is 9.90. The van der Waals surface area contributed by atoms with Crippen LogP contribution in [0, 0.1) is 19.7 Å². The average molecular weight is 440 g/mol. The van der Waals surface area contributed by atoms with Gasteiger partial charge >= 0.3 is 12.1 Å². The Hall–Kier alpha value is -3.79. The molecule has 1 atom stereocenters. The monoisotopic (exact) mass is 440 g/mol. The predicted octanol–water partition coefficient (Wildman–Crippen LogP) is 2.99. The van der Waals surface area contributed by atoms with Crippen LogP contribution in [0.2, 0.25) is 0 Å². The summed E-state index contributed by atoms with van der Waals surface area (Å²) in [5.41, 5.74) is 7.73. The Kier molecular flexibility index (Phi) is 5.87. The lowest BCUT2D eigenvalue weighted by atomic mass is 10.1. The molecule has 1 saturated heterocycles. The molecule has 1 aliphatic rings. The number of pyridine rings is 1. The van der Waals surface area contributed by atoms with E-state index in [1.54, 1.807) is 24.3 Å². The Morgan fingerprint density at radius 1 is 1.31 bits per heavy atom. The van der Waals surface area contributed by atoms with Crippen LogP contribution in [0.4, 0.5) is 14.9 Å². The number of hydrogen-bond acceptors (Lipinski definition) is 8. The molecule has 2 aromatic heterocycles. The van der Waals surface area contributed by atoms with E-state index in [0.29, 0.717) is 34.2 Å². The third-order valence-electron chi connectivity index (χ3n) is 5.06. The average Bonchev–Trinajstić information content (AvgIpc) is 3.33. The van der Waals surface area contributed by atoms with Crippen LogP contribution in [-0.4, -0.2) is 47.8 Å². The summed E-state index contributed by atoms with van der Waals surface area (Å²) >= 11 is 0. The van der Waals surface area contributed by atoms with Crippen LogP contribution in [0.5, 0.6) is 0 Å². The van der Waals surface area contributed by atoms with E-state index in [-0.39, 0.29) is 19.7 Å². The largest absolute Gasteiger partial charge is 0.461 e. The molecule has 10 heteroatoms. The Bertz CT molecular complexity index is 1140. The van der Waals surface area contributed by atoms with Gasteiger partial charge in [-0.05, 0) is 38.1 Å². The van der Waals surface area contributed by atoms with Crippen molar-refractivity contribution in [3.8, 4) is 22.7 Å². The highest BCUT2D eigenvalue weighted by atomic mass is 19.1. The predicted molar refractivity (Wildman–Crippen MR) is 112 cm³/mol. The molecule has 3 aromatic rings. The molecule has 0 unspecified atom stereocenters. The topological polar surface area (TPSA) is 121 Å². The number of aryl methyl sites for hydroxylation is 2. The summed E-state index contributed by atoms with van der Waals surface area (Å²) in [5.74, 6) is 0.00244. The van der Waals surface area contributed by atoms with Gasteiger partial charge in [0.25, 0.3) is 0 Å². The van der Waals surface area contributed by atoms with E-state index >= 15 is 0 Å². The van der Waals surface area contributed by atoms with Crippen LogP contribution >= 0.6 is 0 Å². The Morgan fingerprint density at radius 3 is 2.75 bits per heavy atom. The van der Waals surface area contributed by atoms with E-state index in [2.05, 4.69) is 9.97 Å². The number of halogens is 1. The van der Waals surface area contributed by atoms with Crippen LogP contribution < -0.4 is 10.6 Å². The van der Waals surface area contributed by atoms with E-state index < -0.39 is 24.0 Å². The third kappa shape index (κ3) is 4.30. The van der Waals surface area contributed by atoms with Crippen molar-refractivity contribution in [1.29, 1.82) is 0 Å². The molecular weight excluding hydrogens is 419 g/mol. The fourth-order valence-electron chi connectivity index (χ4n) is 3.23. The molecule has 1 amide bonds. The van der Waals surface area contributed by atoms with Gasteiger partial charge < -0.3 is 19.6 Å².